The van der Waals surface area contributed by atoms with Crippen LogP contribution in [0.25, 0.3) is 5.69 Å². The molecule has 1 aromatic heterocycles. The number of aryl methyl sites for hydroxylation is 1. The SMILES string of the molecule is Cc1ccc(-n2cnnc2SCC(=O)N2CCN(C(=O)c3cc(Cl)ccc3F)CC2)cc1. The Hall–Kier alpha value is -2.91. The van der Waals surface area contributed by atoms with E-state index in [9.17, 15) is 14.0 Å². The third-order valence-corrected chi connectivity index (χ3v) is 6.39. The molecule has 0 spiro atoms. The largest absolute Gasteiger partial charge is 0.338 e. The molecule has 1 saturated heterocycles. The van der Waals surface area contributed by atoms with Gasteiger partial charge in [-0.05, 0) is 37.3 Å². The van der Waals surface area contributed by atoms with Gasteiger partial charge in [0.05, 0.1) is 11.3 Å². The van der Waals surface area contributed by atoms with E-state index in [0.717, 1.165) is 11.3 Å². The molecule has 0 unspecified atom stereocenters. The van der Waals surface area contributed by atoms with E-state index in [0.29, 0.717) is 36.4 Å². The maximum absolute atomic E-state index is 14.0. The van der Waals surface area contributed by atoms with E-state index >= 15 is 0 Å². The van der Waals surface area contributed by atoms with Crippen molar-refractivity contribution in [1.29, 1.82) is 0 Å². The van der Waals surface area contributed by atoms with Crippen molar-refractivity contribution >= 4 is 35.2 Å². The minimum absolute atomic E-state index is 0.0468. The average Bonchev–Trinajstić information content (AvgIpc) is 3.28. The molecule has 0 bridgehead atoms. The first-order valence-corrected chi connectivity index (χ1v) is 11.4. The molecule has 10 heteroatoms. The van der Waals surface area contributed by atoms with Crippen molar-refractivity contribution in [2.75, 3.05) is 31.9 Å². The van der Waals surface area contributed by atoms with Crippen molar-refractivity contribution in [1.82, 2.24) is 24.6 Å². The van der Waals surface area contributed by atoms with Crippen LogP contribution in [-0.4, -0.2) is 68.3 Å². The highest BCUT2D eigenvalue weighted by atomic mass is 35.5. The average molecular weight is 474 g/mol. The molecule has 3 aromatic rings. The van der Waals surface area contributed by atoms with E-state index in [4.69, 9.17) is 11.6 Å². The quantitative estimate of drug-likeness (QED) is 0.531. The van der Waals surface area contributed by atoms with Gasteiger partial charge in [0.25, 0.3) is 5.91 Å². The molecule has 0 N–H and O–H groups in total. The summed E-state index contributed by atoms with van der Waals surface area (Å²) in [5, 5.41) is 9.02. The van der Waals surface area contributed by atoms with Gasteiger partial charge >= 0.3 is 0 Å². The summed E-state index contributed by atoms with van der Waals surface area (Å²) in [4.78, 5) is 28.6. The summed E-state index contributed by atoms with van der Waals surface area (Å²) < 4.78 is 15.8. The van der Waals surface area contributed by atoms with Gasteiger partial charge in [-0.3, -0.25) is 14.2 Å². The first-order chi connectivity index (χ1) is 15.4. The molecule has 1 fully saturated rings. The molecule has 0 aliphatic carbocycles. The number of nitrogens with zero attached hydrogens (tertiary/aromatic N) is 5. The number of hydrogen-bond donors (Lipinski definition) is 0. The Balaban J connectivity index is 1.32. The number of thioether (sulfide) groups is 1. The highest BCUT2D eigenvalue weighted by molar-refractivity contribution is 7.99. The Morgan fingerprint density at radius 2 is 1.75 bits per heavy atom. The summed E-state index contributed by atoms with van der Waals surface area (Å²) in [6, 6.07) is 11.9. The Labute approximate surface area is 194 Å². The summed E-state index contributed by atoms with van der Waals surface area (Å²) in [5.41, 5.74) is 2.03. The lowest BCUT2D eigenvalue weighted by molar-refractivity contribution is -0.129. The van der Waals surface area contributed by atoms with Crippen molar-refractivity contribution < 1.29 is 14.0 Å². The molecule has 4 rings (SSSR count). The topological polar surface area (TPSA) is 71.3 Å². The molecular weight excluding hydrogens is 453 g/mol. The maximum Gasteiger partial charge on any atom is 0.257 e. The van der Waals surface area contributed by atoms with Gasteiger partial charge in [-0.15, -0.1) is 10.2 Å². The Morgan fingerprint density at radius 1 is 1.06 bits per heavy atom. The number of carbonyl (C=O) groups excluding carboxylic acids is 2. The van der Waals surface area contributed by atoms with Crippen LogP contribution in [0, 0.1) is 12.7 Å². The minimum atomic E-state index is -0.605. The van der Waals surface area contributed by atoms with E-state index < -0.39 is 11.7 Å². The summed E-state index contributed by atoms with van der Waals surface area (Å²) in [6.07, 6.45) is 1.62. The van der Waals surface area contributed by atoms with Crippen LogP contribution in [0.4, 0.5) is 4.39 Å². The highest BCUT2D eigenvalue weighted by Gasteiger charge is 2.26. The van der Waals surface area contributed by atoms with Crippen LogP contribution in [0.2, 0.25) is 5.02 Å². The number of rotatable bonds is 5. The lowest BCUT2D eigenvalue weighted by atomic mass is 10.1. The molecule has 0 radical (unpaired) electrons. The molecule has 2 heterocycles. The van der Waals surface area contributed by atoms with Crippen LogP contribution in [-0.2, 0) is 4.79 Å². The van der Waals surface area contributed by atoms with Crippen molar-refractivity contribution in [2.45, 2.75) is 12.1 Å². The van der Waals surface area contributed by atoms with Gasteiger partial charge < -0.3 is 9.80 Å². The lowest BCUT2D eigenvalue weighted by Crippen LogP contribution is -2.51. The Bertz CT molecular complexity index is 1130. The second-order valence-corrected chi connectivity index (χ2v) is 8.78. The summed E-state index contributed by atoms with van der Waals surface area (Å²) >= 11 is 7.21. The molecular formula is C22H21ClFN5O2S. The highest BCUT2D eigenvalue weighted by Crippen LogP contribution is 2.21. The molecule has 0 saturated carbocycles. The van der Waals surface area contributed by atoms with Gasteiger partial charge in [-0.2, -0.15) is 0 Å². The normalized spacial score (nSPS) is 14.0. The summed E-state index contributed by atoms with van der Waals surface area (Å²) in [6.45, 7) is 3.46. The molecule has 166 valence electrons. The summed E-state index contributed by atoms with van der Waals surface area (Å²) in [5.74, 6) is -0.860. The number of halogens is 2. The second kappa shape index (κ2) is 9.70. The predicted octanol–water partition coefficient (Wildman–Crippen LogP) is 3.44. The Morgan fingerprint density at radius 3 is 2.47 bits per heavy atom. The number of benzene rings is 2. The number of hydrogen-bond acceptors (Lipinski definition) is 5. The van der Waals surface area contributed by atoms with Gasteiger partial charge in [-0.1, -0.05) is 41.1 Å². The van der Waals surface area contributed by atoms with Crippen molar-refractivity contribution in [3.05, 3.63) is 70.8 Å². The van der Waals surface area contributed by atoms with Gasteiger partial charge in [0, 0.05) is 36.9 Å². The number of carbonyl (C=O) groups is 2. The molecule has 7 nitrogen and oxygen atoms in total. The number of piperazine rings is 1. The van der Waals surface area contributed by atoms with Gasteiger partial charge in [0.15, 0.2) is 5.16 Å². The first-order valence-electron chi connectivity index (χ1n) is 10.0. The van der Waals surface area contributed by atoms with Crippen molar-refractivity contribution in [3.63, 3.8) is 0 Å². The fraction of sp³-hybridized carbons (Fsp3) is 0.273. The zero-order chi connectivity index (χ0) is 22.7. The first kappa shape index (κ1) is 22.3. The van der Waals surface area contributed by atoms with Gasteiger partial charge in [0.2, 0.25) is 5.91 Å². The lowest BCUT2D eigenvalue weighted by Gasteiger charge is -2.34. The molecule has 1 aliphatic heterocycles. The van der Waals surface area contributed by atoms with Crippen LogP contribution in [0.5, 0.6) is 0 Å². The van der Waals surface area contributed by atoms with Crippen LogP contribution in [0.1, 0.15) is 15.9 Å². The van der Waals surface area contributed by atoms with Gasteiger partial charge in [-0.25, -0.2) is 4.39 Å². The fourth-order valence-corrected chi connectivity index (χ4v) is 4.42. The third-order valence-electron chi connectivity index (χ3n) is 5.23. The van der Waals surface area contributed by atoms with Crippen molar-refractivity contribution in [3.8, 4) is 5.69 Å². The molecule has 0 atom stereocenters. The van der Waals surface area contributed by atoms with E-state index in [1.165, 1.54) is 30.0 Å². The monoisotopic (exact) mass is 473 g/mol. The van der Waals surface area contributed by atoms with Crippen LogP contribution in [0.15, 0.2) is 53.9 Å². The van der Waals surface area contributed by atoms with Crippen LogP contribution in [0.3, 0.4) is 0 Å². The molecule has 2 aromatic carbocycles. The molecule has 2 amide bonds. The van der Waals surface area contributed by atoms with E-state index in [2.05, 4.69) is 10.2 Å². The minimum Gasteiger partial charge on any atom is -0.338 e. The molecule has 1 aliphatic rings. The third kappa shape index (κ3) is 4.94. The maximum atomic E-state index is 14.0. The smallest absolute Gasteiger partial charge is 0.257 e. The zero-order valence-corrected chi connectivity index (χ0v) is 18.9. The number of amides is 2. The van der Waals surface area contributed by atoms with E-state index in [1.54, 1.807) is 16.1 Å². The zero-order valence-electron chi connectivity index (χ0n) is 17.4. The summed E-state index contributed by atoms with van der Waals surface area (Å²) in [7, 11) is 0. The van der Waals surface area contributed by atoms with E-state index in [1.807, 2.05) is 35.8 Å². The predicted molar refractivity (Wildman–Crippen MR) is 121 cm³/mol. The van der Waals surface area contributed by atoms with E-state index in [-0.39, 0.29) is 17.2 Å². The van der Waals surface area contributed by atoms with Crippen LogP contribution < -0.4 is 0 Å². The second-order valence-electron chi connectivity index (χ2n) is 7.40. The molecule has 32 heavy (non-hydrogen) atoms. The number of aromatic nitrogens is 3. The fourth-order valence-electron chi connectivity index (χ4n) is 3.41. The standard InChI is InChI=1S/C22H21ClFN5O2S/c1-15-2-5-17(6-3-15)29-14-25-26-22(29)32-13-20(30)27-8-10-28(11-9-27)21(31)18-12-16(23)4-7-19(18)24/h2-7,12,14H,8-11,13H2,1H3. The van der Waals surface area contributed by atoms with Crippen molar-refractivity contribution in [2.24, 2.45) is 0 Å². The van der Waals surface area contributed by atoms with Gasteiger partial charge in [0.1, 0.15) is 12.1 Å². The Kier molecular flexibility index (Phi) is 6.76. The van der Waals surface area contributed by atoms with Crippen LogP contribution >= 0.6 is 23.4 Å².